The van der Waals surface area contributed by atoms with Gasteiger partial charge in [0.2, 0.25) is 5.91 Å². The minimum absolute atomic E-state index is 0.0101. The van der Waals surface area contributed by atoms with Gasteiger partial charge in [-0.1, -0.05) is 19.4 Å². The number of nitrogens with one attached hydrogen (secondary N) is 1. The van der Waals surface area contributed by atoms with E-state index in [1.54, 1.807) is 6.07 Å². The second-order valence-electron chi connectivity index (χ2n) is 4.97. The van der Waals surface area contributed by atoms with E-state index in [1.165, 1.54) is 12.1 Å². The molecular weight excluding hydrogens is 258 g/mol. The van der Waals surface area contributed by atoms with Crippen molar-refractivity contribution in [3.63, 3.8) is 0 Å². The summed E-state index contributed by atoms with van der Waals surface area (Å²) in [6, 6.07) is 4.33. The summed E-state index contributed by atoms with van der Waals surface area (Å²) in [7, 11) is 0. The van der Waals surface area contributed by atoms with Crippen LogP contribution in [0, 0.1) is 5.92 Å². The van der Waals surface area contributed by atoms with E-state index in [0.717, 1.165) is 12.8 Å². The molecule has 0 aromatic heterocycles. The van der Waals surface area contributed by atoms with Crippen LogP contribution >= 0.6 is 0 Å². The Morgan fingerprint density at radius 1 is 1.35 bits per heavy atom. The molecule has 4 N–H and O–H groups in total. The quantitative estimate of drug-likeness (QED) is 0.544. The first-order valence-electron chi connectivity index (χ1n) is 6.95. The van der Waals surface area contributed by atoms with Crippen molar-refractivity contribution >= 4 is 5.91 Å². The first kappa shape index (κ1) is 16.3. The molecule has 5 heteroatoms. The van der Waals surface area contributed by atoms with Crippen LogP contribution in [-0.4, -0.2) is 34.4 Å². The molecule has 1 rings (SSSR count). The third kappa shape index (κ3) is 5.48. The molecule has 0 saturated carbocycles. The Bertz CT molecular complexity index is 434. The summed E-state index contributed by atoms with van der Waals surface area (Å²) in [5.74, 6) is -0.359. The van der Waals surface area contributed by atoms with Crippen LogP contribution in [0.15, 0.2) is 18.2 Å². The van der Waals surface area contributed by atoms with Crippen LogP contribution in [0.5, 0.6) is 11.5 Å². The molecule has 0 heterocycles. The summed E-state index contributed by atoms with van der Waals surface area (Å²) in [6.45, 7) is 2.58. The number of unbranched alkanes of at least 4 members (excludes halogenated alkanes) is 1. The molecule has 0 radical (unpaired) electrons. The molecule has 0 aliphatic rings. The Morgan fingerprint density at radius 3 is 2.70 bits per heavy atom. The monoisotopic (exact) mass is 281 g/mol. The molecule has 1 unspecified atom stereocenters. The summed E-state index contributed by atoms with van der Waals surface area (Å²) in [6.07, 6.45) is 2.57. The highest BCUT2D eigenvalue weighted by molar-refractivity contribution is 5.76. The zero-order chi connectivity index (χ0) is 15.0. The maximum atomic E-state index is 11.7. The molecule has 1 aromatic rings. The number of aliphatic hydroxyl groups is 1. The smallest absolute Gasteiger partial charge is 0.220 e. The Kier molecular flexibility index (Phi) is 6.87. The van der Waals surface area contributed by atoms with E-state index in [1.807, 2.05) is 0 Å². The van der Waals surface area contributed by atoms with Crippen molar-refractivity contribution in [2.24, 2.45) is 5.92 Å². The fraction of sp³-hybridized carbons (Fsp3) is 0.533. The summed E-state index contributed by atoms with van der Waals surface area (Å²) in [4.78, 5) is 11.7. The lowest BCUT2D eigenvalue weighted by molar-refractivity contribution is -0.122. The molecule has 1 atom stereocenters. The zero-order valence-corrected chi connectivity index (χ0v) is 11.8. The van der Waals surface area contributed by atoms with Crippen molar-refractivity contribution in [2.75, 3.05) is 13.2 Å². The largest absolute Gasteiger partial charge is 0.508 e. The zero-order valence-electron chi connectivity index (χ0n) is 11.8. The SMILES string of the molecule is CCCCNC(=O)CC(CO)Cc1ccc(O)cc1O. The topological polar surface area (TPSA) is 89.8 Å². The highest BCUT2D eigenvalue weighted by Gasteiger charge is 2.15. The van der Waals surface area contributed by atoms with Gasteiger partial charge < -0.3 is 20.6 Å². The number of benzene rings is 1. The van der Waals surface area contributed by atoms with E-state index in [9.17, 15) is 20.1 Å². The number of hydrogen-bond acceptors (Lipinski definition) is 4. The van der Waals surface area contributed by atoms with Crippen LogP contribution in [-0.2, 0) is 11.2 Å². The molecular formula is C15H23NO4. The number of aliphatic hydroxyl groups excluding tert-OH is 1. The van der Waals surface area contributed by atoms with Crippen LogP contribution in [0.25, 0.3) is 0 Å². The molecule has 0 bridgehead atoms. The van der Waals surface area contributed by atoms with Gasteiger partial charge in [-0.05, 0) is 30.4 Å². The fourth-order valence-electron chi connectivity index (χ4n) is 1.98. The predicted molar refractivity (Wildman–Crippen MR) is 76.6 cm³/mol. The minimum atomic E-state index is -0.243. The van der Waals surface area contributed by atoms with Gasteiger partial charge >= 0.3 is 0 Å². The van der Waals surface area contributed by atoms with Gasteiger partial charge in [-0.2, -0.15) is 0 Å². The van der Waals surface area contributed by atoms with Crippen LogP contribution in [0.4, 0.5) is 0 Å². The molecule has 20 heavy (non-hydrogen) atoms. The van der Waals surface area contributed by atoms with E-state index in [2.05, 4.69) is 12.2 Å². The molecule has 0 aliphatic heterocycles. The first-order chi connectivity index (χ1) is 9.56. The number of hydrogen-bond donors (Lipinski definition) is 4. The van der Waals surface area contributed by atoms with Gasteiger partial charge in [0, 0.05) is 25.6 Å². The molecule has 1 aromatic carbocycles. The Hall–Kier alpha value is -1.75. The van der Waals surface area contributed by atoms with Gasteiger partial charge in [-0.3, -0.25) is 4.79 Å². The van der Waals surface area contributed by atoms with Gasteiger partial charge in [0.25, 0.3) is 0 Å². The summed E-state index contributed by atoms with van der Waals surface area (Å²) in [5, 5.41) is 31.1. The van der Waals surface area contributed by atoms with Crippen molar-refractivity contribution in [3.8, 4) is 11.5 Å². The molecule has 0 spiro atoms. The normalized spacial score (nSPS) is 12.1. The Balaban J connectivity index is 2.52. The van der Waals surface area contributed by atoms with E-state index in [0.29, 0.717) is 18.5 Å². The number of carbonyl (C=O) groups excluding carboxylic acids is 1. The van der Waals surface area contributed by atoms with E-state index in [4.69, 9.17) is 0 Å². The predicted octanol–water partition coefficient (Wildman–Crippen LogP) is 1.56. The van der Waals surface area contributed by atoms with Gasteiger partial charge in [0.05, 0.1) is 0 Å². The lowest BCUT2D eigenvalue weighted by atomic mass is 9.96. The number of rotatable bonds is 8. The number of aromatic hydroxyl groups is 2. The Morgan fingerprint density at radius 2 is 2.10 bits per heavy atom. The third-order valence-corrected chi connectivity index (χ3v) is 3.16. The summed E-state index contributed by atoms with van der Waals surface area (Å²) in [5.41, 5.74) is 0.614. The van der Waals surface area contributed by atoms with Gasteiger partial charge in [0.1, 0.15) is 11.5 Å². The molecule has 0 fully saturated rings. The lowest BCUT2D eigenvalue weighted by Crippen LogP contribution is -2.28. The molecule has 0 aliphatic carbocycles. The van der Waals surface area contributed by atoms with Crippen LogP contribution in [0.2, 0.25) is 0 Å². The fourth-order valence-corrected chi connectivity index (χ4v) is 1.98. The molecule has 112 valence electrons. The van der Waals surface area contributed by atoms with Crippen LogP contribution in [0.1, 0.15) is 31.7 Å². The number of phenolic OH excluding ortho intramolecular Hbond substituents is 2. The van der Waals surface area contributed by atoms with Crippen LogP contribution in [0.3, 0.4) is 0 Å². The molecule has 0 saturated heterocycles. The minimum Gasteiger partial charge on any atom is -0.508 e. The van der Waals surface area contributed by atoms with Crippen molar-refractivity contribution in [1.29, 1.82) is 0 Å². The second kappa shape index (κ2) is 8.43. The van der Waals surface area contributed by atoms with Crippen molar-refractivity contribution in [2.45, 2.75) is 32.6 Å². The van der Waals surface area contributed by atoms with Crippen molar-refractivity contribution < 1.29 is 20.1 Å². The summed E-state index contributed by atoms with van der Waals surface area (Å²) >= 11 is 0. The number of amides is 1. The molecule has 1 amide bonds. The maximum absolute atomic E-state index is 11.7. The highest BCUT2D eigenvalue weighted by atomic mass is 16.3. The second-order valence-corrected chi connectivity index (χ2v) is 4.97. The van der Waals surface area contributed by atoms with Crippen molar-refractivity contribution in [1.82, 2.24) is 5.32 Å². The third-order valence-electron chi connectivity index (χ3n) is 3.16. The number of phenols is 2. The summed E-state index contributed by atoms with van der Waals surface area (Å²) < 4.78 is 0. The maximum Gasteiger partial charge on any atom is 0.220 e. The van der Waals surface area contributed by atoms with Gasteiger partial charge in [-0.25, -0.2) is 0 Å². The lowest BCUT2D eigenvalue weighted by Gasteiger charge is -2.15. The van der Waals surface area contributed by atoms with Gasteiger partial charge in [0.15, 0.2) is 0 Å². The highest BCUT2D eigenvalue weighted by Crippen LogP contribution is 2.25. The van der Waals surface area contributed by atoms with E-state index >= 15 is 0 Å². The average Bonchev–Trinajstić information content (AvgIpc) is 2.41. The van der Waals surface area contributed by atoms with Crippen molar-refractivity contribution in [3.05, 3.63) is 23.8 Å². The first-order valence-corrected chi connectivity index (χ1v) is 6.95. The van der Waals surface area contributed by atoms with Crippen LogP contribution < -0.4 is 5.32 Å². The molecule has 5 nitrogen and oxygen atoms in total. The van der Waals surface area contributed by atoms with E-state index in [-0.39, 0.29) is 36.4 Å². The number of carbonyl (C=O) groups is 1. The Labute approximate surface area is 119 Å². The van der Waals surface area contributed by atoms with E-state index < -0.39 is 0 Å². The van der Waals surface area contributed by atoms with Gasteiger partial charge in [-0.15, -0.1) is 0 Å². The standard InChI is InChI=1S/C15H23NO4/c1-2-3-6-16-15(20)8-11(10-17)7-12-4-5-13(18)9-14(12)19/h4-5,9,11,17-19H,2-3,6-8,10H2,1H3,(H,16,20). The average molecular weight is 281 g/mol.